The topological polar surface area (TPSA) is 69.8 Å². The van der Waals surface area contributed by atoms with Gasteiger partial charge in [0.15, 0.2) is 0 Å². The van der Waals surface area contributed by atoms with Crippen LogP contribution in [0.2, 0.25) is 0 Å². The third-order valence-electron chi connectivity index (χ3n) is 4.73. The van der Waals surface area contributed by atoms with E-state index in [1.165, 1.54) is 12.8 Å². The van der Waals surface area contributed by atoms with Crippen LogP contribution in [-0.4, -0.2) is 69.7 Å². The van der Waals surface area contributed by atoms with Gasteiger partial charge in [-0.05, 0) is 44.3 Å². The van der Waals surface area contributed by atoms with Crippen molar-refractivity contribution in [2.75, 3.05) is 44.7 Å². The lowest BCUT2D eigenvalue weighted by Gasteiger charge is -2.34. The van der Waals surface area contributed by atoms with Gasteiger partial charge in [-0.2, -0.15) is 9.61 Å². The summed E-state index contributed by atoms with van der Waals surface area (Å²) in [5.41, 5.74) is 2.98. The van der Waals surface area contributed by atoms with E-state index in [1.807, 2.05) is 0 Å². The number of aryl methyl sites for hydroxylation is 1. The fourth-order valence-corrected chi connectivity index (χ4v) is 3.33. The fourth-order valence-electron chi connectivity index (χ4n) is 3.33. The summed E-state index contributed by atoms with van der Waals surface area (Å²) in [5.74, 6) is 0.677. The molecule has 2 aromatic rings. The summed E-state index contributed by atoms with van der Waals surface area (Å²) in [6, 6.07) is 2.13. The Kier molecular flexibility index (Phi) is 5.07. The number of aliphatic hydroxyl groups excluding tert-OH is 1. The Morgan fingerprint density at radius 2 is 2.13 bits per heavy atom. The number of aromatic nitrogens is 4. The van der Waals surface area contributed by atoms with Crippen LogP contribution in [0.15, 0.2) is 12.4 Å². The lowest BCUT2D eigenvalue weighted by atomic mass is 9.96. The van der Waals surface area contributed by atoms with E-state index < -0.39 is 0 Å². The van der Waals surface area contributed by atoms with Crippen molar-refractivity contribution in [3.05, 3.63) is 18.1 Å². The highest BCUT2D eigenvalue weighted by molar-refractivity contribution is 5.67. The summed E-state index contributed by atoms with van der Waals surface area (Å²) in [7, 11) is 2.13. The number of piperidine rings is 1. The number of fused-ring (bicyclic) bond motifs is 1. The molecule has 2 aromatic heterocycles. The molecule has 0 radical (unpaired) electrons. The summed E-state index contributed by atoms with van der Waals surface area (Å²) in [4.78, 5) is 4.63. The minimum atomic E-state index is 0.256. The lowest BCUT2D eigenvalue weighted by molar-refractivity contribution is 0.149. The molecule has 1 saturated heterocycles. The van der Waals surface area contributed by atoms with Gasteiger partial charge in [0.1, 0.15) is 6.33 Å². The van der Waals surface area contributed by atoms with Crippen LogP contribution in [-0.2, 0) is 6.42 Å². The molecule has 3 rings (SSSR count). The quantitative estimate of drug-likeness (QED) is 0.851. The van der Waals surface area contributed by atoms with Gasteiger partial charge in [0.2, 0.25) is 5.65 Å². The Bertz CT molecular complexity index is 635. The molecule has 1 N–H and O–H groups in total. The largest absolute Gasteiger partial charge is 0.395 e. The summed E-state index contributed by atoms with van der Waals surface area (Å²) in [5, 5.41) is 21.8. The van der Waals surface area contributed by atoms with Crippen LogP contribution in [0.1, 0.15) is 25.5 Å². The Morgan fingerprint density at radius 3 is 2.83 bits per heavy atom. The first-order chi connectivity index (χ1) is 11.2. The Labute approximate surface area is 136 Å². The first-order valence-corrected chi connectivity index (χ1v) is 8.45. The second kappa shape index (κ2) is 7.23. The van der Waals surface area contributed by atoms with Gasteiger partial charge in [-0.15, -0.1) is 10.2 Å². The molecule has 126 valence electrons. The van der Waals surface area contributed by atoms with E-state index in [1.54, 1.807) is 10.8 Å². The van der Waals surface area contributed by atoms with E-state index in [9.17, 15) is 0 Å². The molecule has 0 amide bonds. The summed E-state index contributed by atoms with van der Waals surface area (Å²) >= 11 is 0. The fraction of sp³-hybridized carbons (Fsp3) is 0.688. The van der Waals surface area contributed by atoms with Gasteiger partial charge in [0.25, 0.3) is 0 Å². The van der Waals surface area contributed by atoms with Crippen LogP contribution < -0.4 is 4.90 Å². The van der Waals surface area contributed by atoms with E-state index in [4.69, 9.17) is 5.11 Å². The molecule has 0 saturated carbocycles. The van der Waals surface area contributed by atoms with Crippen molar-refractivity contribution in [2.24, 2.45) is 5.92 Å². The molecule has 0 aliphatic carbocycles. The Morgan fingerprint density at radius 1 is 1.35 bits per heavy atom. The van der Waals surface area contributed by atoms with Gasteiger partial charge in [-0.3, -0.25) is 0 Å². The van der Waals surface area contributed by atoms with E-state index in [2.05, 4.69) is 45.1 Å². The van der Waals surface area contributed by atoms with E-state index in [-0.39, 0.29) is 6.61 Å². The van der Waals surface area contributed by atoms with Gasteiger partial charge >= 0.3 is 0 Å². The van der Waals surface area contributed by atoms with Crippen molar-refractivity contribution in [3.8, 4) is 0 Å². The van der Waals surface area contributed by atoms with Crippen molar-refractivity contribution in [1.29, 1.82) is 0 Å². The van der Waals surface area contributed by atoms with Gasteiger partial charge in [0, 0.05) is 20.1 Å². The Balaban J connectivity index is 1.69. The van der Waals surface area contributed by atoms with E-state index >= 15 is 0 Å². The van der Waals surface area contributed by atoms with Crippen molar-refractivity contribution in [1.82, 2.24) is 24.7 Å². The standard InChI is InChI=1S/C16H26N6O/c1-3-14-10-15(16-18-17-12-22(16)19-14)20(2)11-13-4-6-21(7-5-13)8-9-23/h10,12-13,23H,3-9,11H2,1-2H3. The highest BCUT2D eigenvalue weighted by atomic mass is 16.3. The maximum absolute atomic E-state index is 9.04. The number of β-amino-alcohol motifs (C(OH)–C–C–N with tert-alkyl or cyclic N) is 1. The molecule has 1 aliphatic heterocycles. The molecule has 1 fully saturated rings. The van der Waals surface area contributed by atoms with Gasteiger partial charge in [0.05, 0.1) is 18.0 Å². The molecule has 1 aliphatic rings. The highest BCUT2D eigenvalue weighted by Crippen LogP contribution is 2.24. The number of hydrogen-bond acceptors (Lipinski definition) is 6. The smallest absolute Gasteiger partial charge is 0.200 e. The monoisotopic (exact) mass is 318 g/mol. The molecule has 3 heterocycles. The minimum absolute atomic E-state index is 0.256. The van der Waals surface area contributed by atoms with Crippen LogP contribution in [0.5, 0.6) is 0 Å². The molecular formula is C16H26N6O. The van der Waals surface area contributed by atoms with Gasteiger partial charge < -0.3 is 14.9 Å². The van der Waals surface area contributed by atoms with E-state index in [0.29, 0.717) is 5.92 Å². The molecule has 0 atom stereocenters. The van der Waals surface area contributed by atoms with Crippen LogP contribution in [0.25, 0.3) is 5.65 Å². The third-order valence-corrected chi connectivity index (χ3v) is 4.73. The van der Waals surface area contributed by atoms with Crippen molar-refractivity contribution < 1.29 is 5.11 Å². The normalized spacial score (nSPS) is 17.0. The number of nitrogens with zero attached hydrogens (tertiary/aromatic N) is 6. The number of rotatable bonds is 6. The Hall–Kier alpha value is -1.73. The lowest BCUT2D eigenvalue weighted by Crippen LogP contribution is -2.39. The predicted molar refractivity (Wildman–Crippen MR) is 89.7 cm³/mol. The van der Waals surface area contributed by atoms with Crippen LogP contribution in [0.3, 0.4) is 0 Å². The average molecular weight is 318 g/mol. The maximum atomic E-state index is 9.04. The van der Waals surface area contributed by atoms with Gasteiger partial charge in [-0.1, -0.05) is 6.92 Å². The maximum Gasteiger partial charge on any atom is 0.200 e. The molecule has 7 nitrogen and oxygen atoms in total. The second-order valence-electron chi connectivity index (χ2n) is 6.36. The molecule has 7 heteroatoms. The molecule has 0 unspecified atom stereocenters. The molecular weight excluding hydrogens is 292 g/mol. The zero-order valence-electron chi connectivity index (χ0n) is 14.0. The summed E-state index contributed by atoms with van der Waals surface area (Å²) < 4.78 is 1.77. The molecule has 0 bridgehead atoms. The number of anilines is 1. The van der Waals surface area contributed by atoms with Crippen molar-refractivity contribution in [2.45, 2.75) is 26.2 Å². The average Bonchev–Trinajstić information content (AvgIpc) is 3.04. The second-order valence-corrected chi connectivity index (χ2v) is 6.36. The van der Waals surface area contributed by atoms with Crippen molar-refractivity contribution >= 4 is 11.3 Å². The predicted octanol–water partition coefficient (Wildman–Crippen LogP) is 0.827. The van der Waals surface area contributed by atoms with Crippen LogP contribution in [0.4, 0.5) is 5.69 Å². The first-order valence-electron chi connectivity index (χ1n) is 8.45. The molecule has 0 aromatic carbocycles. The van der Waals surface area contributed by atoms with Crippen LogP contribution in [0, 0.1) is 5.92 Å². The minimum Gasteiger partial charge on any atom is -0.395 e. The zero-order chi connectivity index (χ0) is 16.2. The van der Waals surface area contributed by atoms with Crippen LogP contribution >= 0.6 is 0 Å². The highest BCUT2D eigenvalue weighted by Gasteiger charge is 2.21. The third kappa shape index (κ3) is 3.61. The number of likely N-dealkylation sites (tertiary alicyclic amines) is 1. The summed E-state index contributed by atoms with van der Waals surface area (Å²) in [6.45, 7) is 6.34. The number of aliphatic hydroxyl groups is 1. The first kappa shape index (κ1) is 16.1. The number of hydrogen-bond donors (Lipinski definition) is 1. The summed E-state index contributed by atoms with van der Waals surface area (Å²) in [6.07, 6.45) is 4.92. The van der Waals surface area contributed by atoms with Gasteiger partial charge in [-0.25, -0.2) is 0 Å². The molecule has 23 heavy (non-hydrogen) atoms. The van der Waals surface area contributed by atoms with Crippen molar-refractivity contribution in [3.63, 3.8) is 0 Å². The zero-order valence-corrected chi connectivity index (χ0v) is 14.0. The molecule has 0 spiro atoms. The SMILES string of the molecule is CCc1cc(N(C)CC2CCN(CCO)CC2)c2nncn2n1. The van der Waals surface area contributed by atoms with E-state index in [0.717, 1.165) is 49.6 Å².